The summed E-state index contributed by atoms with van der Waals surface area (Å²) in [6.07, 6.45) is 4.57. The van der Waals surface area contributed by atoms with E-state index in [0.717, 1.165) is 49.8 Å². The molecule has 2 aromatic rings. The summed E-state index contributed by atoms with van der Waals surface area (Å²) in [6.45, 7) is 1.11. The molecule has 7 heteroatoms. The van der Waals surface area contributed by atoms with E-state index in [2.05, 4.69) is 22.2 Å². The van der Waals surface area contributed by atoms with E-state index in [1.54, 1.807) is 12.1 Å². The van der Waals surface area contributed by atoms with Gasteiger partial charge in [0.25, 0.3) is 0 Å². The van der Waals surface area contributed by atoms with Gasteiger partial charge in [-0.2, -0.15) is 0 Å². The Hall–Kier alpha value is -1.96. The van der Waals surface area contributed by atoms with Crippen LogP contribution in [0.3, 0.4) is 0 Å². The number of hydrogen-bond acceptors (Lipinski definition) is 4. The molecule has 0 saturated heterocycles. The van der Waals surface area contributed by atoms with Gasteiger partial charge in [0.1, 0.15) is 6.61 Å². The van der Waals surface area contributed by atoms with Crippen LogP contribution in [0.4, 0.5) is 4.39 Å². The molecule has 0 radical (unpaired) electrons. The summed E-state index contributed by atoms with van der Waals surface area (Å²) in [6, 6.07) is 13.7. The highest BCUT2D eigenvalue weighted by molar-refractivity contribution is 7.89. The van der Waals surface area contributed by atoms with Gasteiger partial charge in [0.2, 0.25) is 10.0 Å². The van der Waals surface area contributed by atoms with E-state index in [9.17, 15) is 12.8 Å². The van der Waals surface area contributed by atoms with Gasteiger partial charge in [0.05, 0.1) is 5.75 Å². The molecule has 1 fully saturated rings. The summed E-state index contributed by atoms with van der Waals surface area (Å²) in [5, 5.41) is 3.57. The molecule has 1 saturated carbocycles. The van der Waals surface area contributed by atoms with Gasteiger partial charge >= 0.3 is 0 Å². The van der Waals surface area contributed by atoms with Crippen LogP contribution >= 0.6 is 0 Å². The molecule has 30 heavy (non-hydrogen) atoms. The second-order valence-corrected chi connectivity index (χ2v) is 10.1. The molecule has 4 rings (SSSR count). The number of hydrogen-bond donors (Lipinski definition) is 2. The maximum absolute atomic E-state index is 14.6. The number of halogens is 1. The molecule has 2 N–H and O–H groups in total. The number of nitrogens with one attached hydrogen (secondary N) is 2. The summed E-state index contributed by atoms with van der Waals surface area (Å²) >= 11 is 0. The lowest BCUT2D eigenvalue weighted by Crippen LogP contribution is -2.31. The van der Waals surface area contributed by atoms with Crippen molar-refractivity contribution in [2.45, 2.75) is 38.1 Å². The number of fused-ring (bicyclic) bond motifs is 1. The Bertz CT molecular complexity index is 962. The van der Waals surface area contributed by atoms with Crippen LogP contribution in [0.25, 0.3) is 0 Å². The van der Waals surface area contributed by atoms with Gasteiger partial charge in [-0.15, -0.1) is 0 Å². The Morgan fingerprint density at radius 1 is 1.17 bits per heavy atom. The summed E-state index contributed by atoms with van der Waals surface area (Å²) in [5.41, 5.74) is 3.29. The van der Waals surface area contributed by atoms with Crippen molar-refractivity contribution < 1.29 is 17.5 Å². The van der Waals surface area contributed by atoms with E-state index < -0.39 is 15.8 Å². The van der Waals surface area contributed by atoms with Crippen LogP contribution in [0.2, 0.25) is 0 Å². The summed E-state index contributed by atoms with van der Waals surface area (Å²) in [4.78, 5) is 0. The second-order valence-electron chi connectivity index (χ2n) is 8.25. The lowest BCUT2D eigenvalue weighted by Gasteiger charge is -2.20. The molecule has 0 bridgehead atoms. The van der Waals surface area contributed by atoms with Crippen LogP contribution in [-0.2, 0) is 22.9 Å². The number of rotatable bonds is 9. The van der Waals surface area contributed by atoms with Crippen LogP contribution in [0, 0.1) is 11.7 Å². The van der Waals surface area contributed by atoms with E-state index in [0.29, 0.717) is 5.92 Å². The second kappa shape index (κ2) is 9.45. The van der Waals surface area contributed by atoms with E-state index in [1.165, 1.54) is 5.56 Å². The minimum atomic E-state index is -3.28. The first kappa shape index (κ1) is 21.3. The van der Waals surface area contributed by atoms with Crippen molar-refractivity contribution in [1.29, 1.82) is 0 Å². The maximum Gasteiger partial charge on any atom is 0.211 e. The monoisotopic (exact) mass is 432 g/mol. The highest BCUT2D eigenvalue weighted by atomic mass is 32.2. The van der Waals surface area contributed by atoms with Crippen LogP contribution < -0.4 is 14.8 Å². The lowest BCUT2D eigenvalue weighted by atomic mass is 9.94. The quantitative estimate of drug-likeness (QED) is 0.597. The predicted molar refractivity (Wildman–Crippen MR) is 116 cm³/mol. The van der Waals surface area contributed by atoms with Gasteiger partial charge in [-0.1, -0.05) is 30.3 Å². The molecule has 1 aliphatic carbocycles. The van der Waals surface area contributed by atoms with Crippen molar-refractivity contribution >= 4 is 10.0 Å². The Morgan fingerprint density at radius 3 is 2.73 bits per heavy atom. The van der Waals surface area contributed by atoms with Crippen molar-refractivity contribution in [1.82, 2.24) is 10.0 Å². The van der Waals surface area contributed by atoms with Gasteiger partial charge in [-0.25, -0.2) is 17.5 Å². The van der Waals surface area contributed by atoms with Gasteiger partial charge in [0.15, 0.2) is 11.6 Å². The zero-order chi connectivity index (χ0) is 21.0. The van der Waals surface area contributed by atoms with Crippen molar-refractivity contribution in [3.63, 3.8) is 0 Å². The third-order valence-electron chi connectivity index (χ3n) is 5.70. The molecule has 2 aliphatic rings. The Balaban J connectivity index is 1.42. The third-order valence-corrected chi connectivity index (χ3v) is 7.25. The Morgan fingerprint density at radius 2 is 1.97 bits per heavy atom. The molecule has 0 amide bonds. The highest BCUT2D eigenvalue weighted by Gasteiger charge is 2.27. The van der Waals surface area contributed by atoms with Gasteiger partial charge in [-0.3, -0.25) is 0 Å². The summed E-state index contributed by atoms with van der Waals surface area (Å²) in [7, 11) is -3.28. The van der Waals surface area contributed by atoms with E-state index in [-0.39, 0.29) is 30.7 Å². The van der Waals surface area contributed by atoms with Crippen molar-refractivity contribution in [2.75, 3.05) is 25.4 Å². The lowest BCUT2D eigenvalue weighted by molar-refractivity contribution is 0.305. The molecule has 0 aromatic heterocycles. The van der Waals surface area contributed by atoms with Gasteiger partial charge < -0.3 is 10.1 Å². The van der Waals surface area contributed by atoms with Crippen molar-refractivity contribution in [3.8, 4) is 5.75 Å². The SMILES string of the molecule is O=S(=O)(CC1CC1)NCCOc1cc2c(cc1F)CCCNC2Cc1ccccc1. The van der Waals surface area contributed by atoms with E-state index >= 15 is 0 Å². The zero-order valence-electron chi connectivity index (χ0n) is 17.1. The molecule has 162 valence electrons. The fourth-order valence-electron chi connectivity index (χ4n) is 3.97. The number of sulfonamides is 1. The first-order valence-electron chi connectivity index (χ1n) is 10.7. The van der Waals surface area contributed by atoms with Gasteiger partial charge in [-0.05, 0) is 73.4 Å². The largest absolute Gasteiger partial charge is 0.489 e. The highest BCUT2D eigenvalue weighted by Crippen LogP contribution is 2.32. The average Bonchev–Trinajstić information content (AvgIpc) is 3.54. The van der Waals surface area contributed by atoms with Gasteiger partial charge in [0, 0.05) is 12.6 Å². The number of benzene rings is 2. The first-order chi connectivity index (χ1) is 14.5. The van der Waals surface area contributed by atoms with Crippen LogP contribution in [-0.4, -0.2) is 33.9 Å². The van der Waals surface area contributed by atoms with E-state index in [4.69, 9.17) is 4.74 Å². The molecule has 1 heterocycles. The standard InChI is InChI=1S/C23H29FN2O3S/c24-21-14-19-7-4-10-25-22(13-17-5-2-1-3-6-17)20(19)15-23(21)29-12-11-26-30(27,28)16-18-8-9-18/h1-3,5-6,14-15,18,22,25-26H,4,7-13,16H2. The fraction of sp³-hybridized carbons (Fsp3) is 0.478. The smallest absolute Gasteiger partial charge is 0.211 e. The third kappa shape index (κ3) is 5.80. The van der Waals surface area contributed by atoms with Crippen LogP contribution in [0.5, 0.6) is 5.75 Å². The Kier molecular flexibility index (Phi) is 6.71. The Labute approximate surface area is 178 Å². The molecule has 5 nitrogen and oxygen atoms in total. The fourth-order valence-corrected chi connectivity index (χ4v) is 5.44. The van der Waals surface area contributed by atoms with Crippen LogP contribution in [0.1, 0.15) is 42.0 Å². The first-order valence-corrected chi connectivity index (χ1v) is 12.4. The molecule has 2 aromatic carbocycles. The summed E-state index contributed by atoms with van der Waals surface area (Å²) < 4.78 is 46.7. The topological polar surface area (TPSA) is 67.4 Å². The maximum atomic E-state index is 14.6. The number of aryl methyl sites for hydroxylation is 1. The van der Waals surface area contributed by atoms with E-state index in [1.807, 2.05) is 18.2 Å². The molecule has 0 spiro atoms. The molecular formula is C23H29FN2O3S. The van der Waals surface area contributed by atoms with Crippen molar-refractivity contribution in [3.05, 3.63) is 65.0 Å². The minimum Gasteiger partial charge on any atom is -0.489 e. The molecule has 1 aliphatic heterocycles. The molecule has 1 unspecified atom stereocenters. The number of ether oxygens (including phenoxy) is 1. The van der Waals surface area contributed by atoms with Crippen molar-refractivity contribution in [2.24, 2.45) is 5.92 Å². The normalized spacial score (nSPS) is 19.2. The molecular weight excluding hydrogens is 403 g/mol. The zero-order valence-corrected chi connectivity index (χ0v) is 17.9. The predicted octanol–water partition coefficient (Wildman–Crippen LogP) is 3.35. The summed E-state index contributed by atoms with van der Waals surface area (Å²) in [5.74, 6) is 0.249. The minimum absolute atomic E-state index is 0.0879. The van der Waals surface area contributed by atoms with Crippen LogP contribution in [0.15, 0.2) is 42.5 Å². The molecule has 1 atom stereocenters. The average molecular weight is 433 g/mol.